The highest BCUT2D eigenvalue weighted by Crippen LogP contribution is 2.25. The van der Waals surface area contributed by atoms with Crippen LogP contribution < -0.4 is 0 Å². The van der Waals surface area contributed by atoms with Gasteiger partial charge in [-0.15, -0.1) is 0 Å². The Morgan fingerprint density at radius 3 is 2.74 bits per heavy atom. The molecule has 114 valence electrons. The van der Waals surface area contributed by atoms with Gasteiger partial charge in [0.05, 0.1) is 5.69 Å². The fourth-order valence-corrected chi connectivity index (χ4v) is 3.15. The fraction of sp³-hybridized carbons (Fsp3) is 0.211. The van der Waals surface area contributed by atoms with Crippen LogP contribution in [0.15, 0.2) is 36.5 Å². The molecule has 0 saturated heterocycles. The minimum Gasteiger partial charge on any atom is -0.279 e. The molecule has 4 nitrogen and oxygen atoms in total. The third kappa shape index (κ3) is 2.27. The van der Waals surface area contributed by atoms with E-state index in [0.29, 0.717) is 0 Å². The highest BCUT2D eigenvalue weighted by molar-refractivity contribution is 5.88. The monoisotopic (exact) mass is 302 g/mol. The molecule has 0 saturated carbocycles. The van der Waals surface area contributed by atoms with Crippen LogP contribution in [0.5, 0.6) is 0 Å². The van der Waals surface area contributed by atoms with Crippen molar-refractivity contribution in [2.45, 2.75) is 27.2 Å². The SMILES string of the molecule is Cc1nc(C)c2ccc(Cc3[nH]nc4cccnc34)cc2c1C. The molecule has 0 aliphatic carbocycles. The van der Waals surface area contributed by atoms with Gasteiger partial charge in [-0.05, 0) is 49.4 Å². The molecule has 0 atom stereocenters. The standard InChI is InChI=1S/C19H18N4/c1-11-12(2)21-13(3)15-7-6-14(9-16(11)15)10-18-19-17(22-23-18)5-4-8-20-19/h4-9H,10H2,1-3H3,(H,22,23). The summed E-state index contributed by atoms with van der Waals surface area (Å²) in [5.41, 5.74) is 7.60. The smallest absolute Gasteiger partial charge is 0.112 e. The molecule has 4 heteroatoms. The van der Waals surface area contributed by atoms with Crippen LogP contribution in [0.3, 0.4) is 0 Å². The maximum atomic E-state index is 4.62. The Labute approximate surface area is 134 Å². The second kappa shape index (κ2) is 5.16. The molecule has 0 aliphatic rings. The van der Waals surface area contributed by atoms with Crippen LogP contribution in [0.2, 0.25) is 0 Å². The number of fused-ring (bicyclic) bond motifs is 2. The molecule has 4 rings (SSSR count). The molecule has 23 heavy (non-hydrogen) atoms. The molecule has 0 unspecified atom stereocenters. The molecule has 4 aromatic rings. The van der Waals surface area contributed by atoms with Crippen molar-refractivity contribution in [2.75, 3.05) is 0 Å². The summed E-state index contributed by atoms with van der Waals surface area (Å²) < 4.78 is 0. The van der Waals surface area contributed by atoms with E-state index in [0.717, 1.165) is 34.5 Å². The lowest BCUT2D eigenvalue weighted by atomic mass is 9.99. The molecule has 0 fully saturated rings. The average Bonchev–Trinajstić information content (AvgIpc) is 2.96. The zero-order valence-electron chi connectivity index (χ0n) is 13.5. The number of nitrogens with one attached hydrogen (secondary N) is 1. The van der Waals surface area contributed by atoms with Crippen LogP contribution in [-0.2, 0) is 6.42 Å². The Hall–Kier alpha value is -2.75. The Bertz CT molecular complexity index is 1030. The van der Waals surface area contributed by atoms with Crippen LogP contribution in [0.1, 0.15) is 28.2 Å². The summed E-state index contributed by atoms with van der Waals surface area (Å²) in [6, 6.07) is 10.5. The van der Waals surface area contributed by atoms with E-state index in [1.807, 2.05) is 18.3 Å². The van der Waals surface area contributed by atoms with Gasteiger partial charge >= 0.3 is 0 Å². The third-order valence-corrected chi connectivity index (χ3v) is 4.52. The van der Waals surface area contributed by atoms with Crippen molar-refractivity contribution in [3.63, 3.8) is 0 Å². The van der Waals surface area contributed by atoms with Crippen molar-refractivity contribution < 1.29 is 0 Å². The molecule has 0 aliphatic heterocycles. The number of nitrogens with zero attached hydrogens (tertiary/aromatic N) is 3. The van der Waals surface area contributed by atoms with Gasteiger partial charge < -0.3 is 0 Å². The lowest BCUT2D eigenvalue weighted by Crippen LogP contribution is -1.96. The number of pyridine rings is 2. The number of hydrogen-bond donors (Lipinski definition) is 1. The Morgan fingerprint density at radius 1 is 1.00 bits per heavy atom. The van der Waals surface area contributed by atoms with Crippen molar-refractivity contribution >= 4 is 21.8 Å². The van der Waals surface area contributed by atoms with Gasteiger partial charge in [0.2, 0.25) is 0 Å². The van der Waals surface area contributed by atoms with E-state index in [4.69, 9.17) is 0 Å². The highest BCUT2D eigenvalue weighted by atomic mass is 15.1. The van der Waals surface area contributed by atoms with E-state index < -0.39 is 0 Å². The van der Waals surface area contributed by atoms with Gasteiger partial charge in [0.1, 0.15) is 11.0 Å². The van der Waals surface area contributed by atoms with E-state index in [-0.39, 0.29) is 0 Å². The second-order valence-electron chi connectivity index (χ2n) is 6.04. The summed E-state index contributed by atoms with van der Waals surface area (Å²) in [6.07, 6.45) is 2.60. The first-order valence-corrected chi connectivity index (χ1v) is 7.78. The predicted octanol–water partition coefficient (Wildman–Crippen LogP) is 4.02. The third-order valence-electron chi connectivity index (χ3n) is 4.52. The van der Waals surface area contributed by atoms with Gasteiger partial charge in [0, 0.05) is 29.4 Å². The van der Waals surface area contributed by atoms with Gasteiger partial charge in [0.25, 0.3) is 0 Å². The van der Waals surface area contributed by atoms with Crippen LogP contribution in [0.25, 0.3) is 21.8 Å². The molecule has 0 amide bonds. The minimum atomic E-state index is 0.795. The van der Waals surface area contributed by atoms with Gasteiger partial charge in [-0.25, -0.2) is 0 Å². The van der Waals surface area contributed by atoms with Gasteiger partial charge in [-0.3, -0.25) is 15.1 Å². The van der Waals surface area contributed by atoms with Crippen LogP contribution in [0.4, 0.5) is 0 Å². The Balaban J connectivity index is 1.82. The molecule has 1 aromatic carbocycles. The van der Waals surface area contributed by atoms with E-state index >= 15 is 0 Å². The van der Waals surface area contributed by atoms with Crippen LogP contribution in [0, 0.1) is 20.8 Å². The molecular formula is C19H18N4. The van der Waals surface area contributed by atoms with Crippen LogP contribution in [-0.4, -0.2) is 20.2 Å². The van der Waals surface area contributed by atoms with E-state index in [1.54, 1.807) is 0 Å². The summed E-state index contributed by atoms with van der Waals surface area (Å²) in [6.45, 7) is 6.28. The number of aromatic amines is 1. The van der Waals surface area contributed by atoms with E-state index in [9.17, 15) is 0 Å². The molecule has 1 N–H and O–H groups in total. The van der Waals surface area contributed by atoms with Crippen molar-refractivity contribution in [3.8, 4) is 0 Å². The number of aromatic nitrogens is 4. The lowest BCUT2D eigenvalue weighted by Gasteiger charge is -2.10. The zero-order chi connectivity index (χ0) is 16.0. The van der Waals surface area contributed by atoms with E-state index in [2.05, 4.69) is 59.1 Å². The molecule has 0 spiro atoms. The summed E-state index contributed by atoms with van der Waals surface area (Å²) in [4.78, 5) is 9.06. The number of benzene rings is 1. The fourth-order valence-electron chi connectivity index (χ4n) is 3.15. The number of aryl methyl sites for hydroxylation is 3. The highest BCUT2D eigenvalue weighted by Gasteiger charge is 2.10. The molecule has 0 radical (unpaired) electrons. The topological polar surface area (TPSA) is 54.5 Å². The summed E-state index contributed by atoms with van der Waals surface area (Å²) in [7, 11) is 0. The predicted molar refractivity (Wildman–Crippen MR) is 92.6 cm³/mol. The Morgan fingerprint density at radius 2 is 1.87 bits per heavy atom. The maximum absolute atomic E-state index is 4.62. The summed E-state index contributed by atoms with van der Waals surface area (Å²) in [5.74, 6) is 0. The van der Waals surface area contributed by atoms with Crippen molar-refractivity contribution in [1.29, 1.82) is 0 Å². The first kappa shape index (κ1) is 13.9. The molecule has 3 heterocycles. The van der Waals surface area contributed by atoms with Gasteiger partial charge in [-0.2, -0.15) is 5.10 Å². The largest absolute Gasteiger partial charge is 0.279 e. The van der Waals surface area contributed by atoms with Crippen molar-refractivity contribution in [2.24, 2.45) is 0 Å². The zero-order valence-corrected chi connectivity index (χ0v) is 13.5. The molecular weight excluding hydrogens is 284 g/mol. The van der Waals surface area contributed by atoms with Gasteiger partial charge in [-0.1, -0.05) is 18.2 Å². The van der Waals surface area contributed by atoms with E-state index in [1.165, 1.54) is 21.9 Å². The summed E-state index contributed by atoms with van der Waals surface area (Å²) >= 11 is 0. The number of rotatable bonds is 2. The second-order valence-corrected chi connectivity index (χ2v) is 6.04. The van der Waals surface area contributed by atoms with Crippen molar-refractivity contribution in [1.82, 2.24) is 20.2 Å². The molecule has 3 aromatic heterocycles. The average molecular weight is 302 g/mol. The normalized spacial score (nSPS) is 11.4. The quantitative estimate of drug-likeness (QED) is 0.608. The molecule has 0 bridgehead atoms. The minimum absolute atomic E-state index is 0.795. The first-order chi connectivity index (χ1) is 11.1. The summed E-state index contributed by atoms with van der Waals surface area (Å²) in [5, 5.41) is 9.96. The number of H-pyrrole nitrogens is 1. The maximum Gasteiger partial charge on any atom is 0.112 e. The first-order valence-electron chi connectivity index (χ1n) is 7.78. The van der Waals surface area contributed by atoms with Gasteiger partial charge in [0.15, 0.2) is 0 Å². The Kier molecular flexibility index (Phi) is 3.11. The lowest BCUT2D eigenvalue weighted by molar-refractivity contribution is 1.01. The van der Waals surface area contributed by atoms with Crippen molar-refractivity contribution in [3.05, 3.63) is 64.7 Å². The number of hydrogen-bond acceptors (Lipinski definition) is 3. The van der Waals surface area contributed by atoms with Crippen LogP contribution >= 0.6 is 0 Å².